The van der Waals surface area contributed by atoms with E-state index in [2.05, 4.69) is 15.4 Å². The zero-order valence-electron chi connectivity index (χ0n) is 17.0. The van der Waals surface area contributed by atoms with Crippen LogP contribution in [0.5, 0.6) is 0 Å². The fourth-order valence-electron chi connectivity index (χ4n) is 3.59. The van der Waals surface area contributed by atoms with Crippen molar-refractivity contribution >= 4 is 40.1 Å². The lowest BCUT2D eigenvalue weighted by Gasteiger charge is -2.08. The Bertz CT molecular complexity index is 1270. The lowest BCUT2D eigenvalue weighted by molar-refractivity contribution is -0.137. The van der Waals surface area contributed by atoms with E-state index in [-0.39, 0.29) is 12.2 Å². The van der Waals surface area contributed by atoms with Crippen LogP contribution in [0.1, 0.15) is 36.2 Å². The van der Waals surface area contributed by atoms with Crippen molar-refractivity contribution in [3.05, 3.63) is 75.4 Å². The molecule has 0 saturated carbocycles. The molecule has 32 heavy (non-hydrogen) atoms. The highest BCUT2D eigenvalue weighted by Gasteiger charge is 2.14. The first kappa shape index (κ1) is 22.2. The van der Waals surface area contributed by atoms with Crippen LogP contribution in [0.2, 0.25) is 10.0 Å². The summed E-state index contributed by atoms with van der Waals surface area (Å²) in [4.78, 5) is 12.1. The summed E-state index contributed by atoms with van der Waals surface area (Å²) >= 11 is 12.3. The number of aryl methyl sites for hydroxylation is 1. The van der Waals surface area contributed by atoms with Gasteiger partial charge in [0, 0.05) is 41.0 Å². The molecule has 0 bridgehead atoms. The monoisotopic (exact) mass is 475 g/mol. The standard InChI is InChI=1S/C22H20Cl2FN5O2/c23-16-5-4-14(19(24)10-16)12-29-13-15(18-7-6-17(25)11-20(18)29)9-21-26-28-30(27-21)8-2-1-3-22(31)32/h4-7,10-11,13H,1-3,8-9,12H2,(H,31,32). The molecule has 0 unspecified atom stereocenters. The van der Waals surface area contributed by atoms with Crippen molar-refractivity contribution < 1.29 is 14.3 Å². The highest BCUT2D eigenvalue weighted by molar-refractivity contribution is 6.35. The van der Waals surface area contributed by atoms with E-state index in [0.29, 0.717) is 48.2 Å². The Balaban J connectivity index is 1.55. The lowest BCUT2D eigenvalue weighted by Crippen LogP contribution is -2.04. The van der Waals surface area contributed by atoms with Crippen molar-refractivity contribution in [3.63, 3.8) is 0 Å². The van der Waals surface area contributed by atoms with E-state index >= 15 is 0 Å². The number of benzene rings is 2. The van der Waals surface area contributed by atoms with Crippen molar-refractivity contribution in [1.82, 2.24) is 24.8 Å². The number of hydrogen-bond acceptors (Lipinski definition) is 4. The minimum absolute atomic E-state index is 0.120. The van der Waals surface area contributed by atoms with Crippen LogP contribution in [0.25, 0.3) is 10.9 Å². The Kier molecular flexibility index (Phi) is 6.72. The molecule has 2 aromatic heterocycles. The molecular weight excluding hydrogens is 456 g/mol. The first-order valence-electron chi connectivity index (χ1n) is 10.1. The summed E-state index contributed by atoms with van der Waals surface area (Å²) in [5.41, 5.74) is 2.55. The molecule has 0 aliphatic carbocycles. The van der Waals surface area contributed by atoms with Gasteiger partial charge in [-0.25, -0.2) is 4.39 Å². The summed E-state index contributed by atoms with van der Waals surface area (Å²) in [6.07, 6.45) is 3.71. The summed E-state index contributed by atoms with van der Waals surface area (Å²) in [6.45, 7) is 0.960. The predicted molar refractivity (Wildman–Crippen MR) is 120 cm³/mol. The zero-order chi connectivity index (χ0) is 22.7. The SMILES string of the molecule is O=C(O)CCCCn1nnc(Cc2cn(Cc3ccc(Cl)cc3Cl)c3cc(F)ccc23)n1. The Morgan fingerprint density at radius 2 is 1.94 bits per heavy atom. The average Bonchev–Trinajstić information content (AvgIpc) is 3.32. The van der Waals surface area contributed by atoms with Crippen LogP contribution in [-0.2, 0) is 24.3 Å². The van der Waals surface area contributed by atoms with Gasteiger partial charge in [0.1, 0.15) is 5.82 Å². The summed E-state index contributed by atoms with van der Waals surface area (Å²) in [5.74, 6) is -0.600. The minimum Gasteiger partial charge on any atom is -0.481 e. The molecule has 0 saturated heterocycles. The molecule has 10 heteroatoms. The number of carbonyl (C=O) groups is 1. The van der Waals surface area contributed by atoms with Gasteiger partial charge in [0.2, 0.25) is 0 Å². The third kappa shape index (κ3) is 5.26. The Hall–Kier alpha value is -2.97. The van der Waals surface area contributed by atoms with Crippen molar-refractivity contribution in [3.8, 4) is 0 Å². The number of fused-ring (bicyclic) bond motifs is 1. The number of hydrogen-bond donors (Lipinski definition) is 1. The van der Waals surface area contributed by atoms with Gasteiger partial charge in [0.05, 0.1) is 12.1 Å². The van der Waals surface area contributed by atoms with Crippen LogP contribution in [0.15, 0.2) is 42.6 Å². The summed E-state index contributed by atoms with van der Waals surface area (Å²) in [6, 6.07) is 9.98. The first-order chi connectivity index (χ1) is 15.4. The fraction of sp³-hybridized carbons (Fsp3) is 0.273. The van der Waals surface area contributed by atoms with E-state index in [1.807, 2.05) is 16.8 Å². The topological polar surface area (TPSA) is 85.8 Å². The number of rotatable bonds is 9. The highest BCUT2D eigenvalue weighted by atomic mass is 35.5. The number of aliphatic carboxylic acids is 1. The van der Waals surface area contributed by atoms with Crippen LogP contribution >= 0.6 is 23.2 Å². The van der Waals surface area contributed by atoms with Gasteiger partial charge in [-0.2, -0.15) is 4.80 Å². The molecule has 0 spiro atoms. The molecular formula is C22H20Cl2FN5O2. The maximum atomic E-state index is 14.0. The van der Waals surface area contributed by atoms with Gasteiger partial charge in [-0.3, -0.25) is 4.79 Å². The third-order valence-electron chi connectivity index (χ3n) is 5.12. The predicted octanol–water partition coefficient (Wildman–Crippen LogP) is 4.97. The number of nitrogens with zero attached hydrogens (tertiary/aromatic N) is 5. The van der Waals surface area contributed by atoms with Gasteiger partial charge in [-0.05, 0) is 59.5 Å². The van der Waals surface area contributed by atoms with Crippen LogP contribution in [0, 0.1) is 5.82 Å². The summed E-state index contributed by atoms with van der Waals surface area (Å²) in [5, 5.41) is 23.3. The van der Waals surface area contributed by atoms with E-state index in [9.17, 15) is 9.18 Å². The fourth-order valence-corrected chi connectivity index (χ4v) is 4.06. The second kappa shape index (κ2) is 9.67. The maximum Gasteiger partial charge on any atom is 0.303 e. The highest BCUT2D eigenvalue weighted by Crippen LogP contribution is 2.27. The Labute approximate surface area is 193 Å². The molecule has 7 nitrogen and oxygen atoms in total. The molecule has 4 rings (SSSR count). The number of carboxylic acids is 1. The molecule has 0 amide bonds. The number of unbranched alkanes of at least 4 members (excludes halogenated alkanes) is 1. The van der Waals surface area contributed by atoms with Crippen molar-refractivity contribution in [1.29, 1.82) is 0 Å². The Morgan fingerprint density at radius 3 is 2.72 bits per heavy atom. The molecule has 2 aromatic carbocycles. The third-order valence-corrected chi connectivity index (χ3v) is 5.71. The largest absolute Gasteiger partial charge is 0.481 e. The maximum absolute atomic E-state index is 14.0. The Morgan fingerprint density at radius 1 is 1.09 bits per heavy atom. The quantitative estimate of drug-likeness (QED) is 0.345. The molecule has 4 aromatic rings. The second-order valence-corrected chi connectivity index (χ2v) is 8.35. The molecule has 166 valence electrons. The van der Waals surface area contributed by atoms with Crippen molar-refractivity contribution in [2.24, 2.45) is 0 Å². The molecule has 0 atom stereocenters. The van der Waals surface area contributed by atoms with E-state index in [1.165, 1.54) is 16.9 Å². The van der Waals surface area contributed by atoms with Gasteiger partial charge in [0.25, 0.3) is 0 Å². The number of carboxylic acid groups (broad SMARTS) is 1. The molecule has 0 fully saturated rings. The van der Waals surface area contributed by atoms with E-state index in [1.54, 1.807) is 18.2 Å². The van der Waals surface area contributed by atoms with Crippen LogP contribution in [-0.4, -0.2) is 35.9 Å². The van der Waals surface area contributed by atoms with Gasteiger partial charge in [-0.1, -0.05) is 29.3 Å². The summed E-state index contributed by atoms with van der Waals surface area (Å²) in [7, 11) is 0. The molecule has 0 aliphatic heterocycles. The molecule has 0 aliphatic rings. The van der Waals surface area contributed by atoms with Crippen LogP contribution in [0.4, 0.5) is 4.39 Å². The van der Waals surface area contributed by atoms with Crippen molar-refractivity contribution in [2.45, 2.75) is 38.8 Å². The van der Waals surface area contributed by atoms with Gasteiger partial charge < -0.3 is 9.67 Å². The molecule has 1 N–H and O–H groups in total. The summed E-state index contributed by atoms with van der Waals surface area (Å²) < 4.78 is 15.9. The normalized spacial score (nSPS) is 11.3. The lowest BCUT2D eigenvalue weighted by atomic mass is 10.1. The first-order valence-corrected chi connectivity index (χ1v) is 10.8. The van der Waals surface area contributed by atoms with E-state index < -0.39 is 5.97 Å². The van der Waals surface area contributed by atoms with Gasteiger partial charge in [0.15, 0.2) is 5.82 Å². The van der Waals surface area contributed by atoms with Crippen molar-refractivity contribution in [2.75, 3.05) is 0 Å². The van der Waals surface area contributed by atoms with Crippen LogP contribution in [0.3, 0.4) is 0 Å². The minimum atomic E-state index is -0.815. The number of halogens is 3. The number of tetrazole rings is 1. The zero-order valence-corrected chi connectivity index (χ0v) is 18.5. The van der Waals surface area contributed by atoms with E-state index in [0.717, 1.165) is 22.0 Å². The van der Waals surface area contributed by atoms with Gasteiger partial charge >= 0.3 is 5.97 Å². The average molecular weight is 476 g/mol. The van der Waals surface area contributed by atoms with Crippen LogP contribution < -0.4 is 0 Å². The molecule has 2 heterocycles. The van der Waals surface area contributed by atoms with Gasteiger partial charge in [-0.15, -0.1) is 10.2 Å². The van der Waals surface area contributed by atoms with E-state index in [4.69, 9.17) is 28.3 Å². The molecule has 0 radical (unpaired) electrons. The smallest absolute Gasteiger partial charge is 0.303 e. The number of aromatic nitrogens is 5. The second-order valence-electron chi connectivity index (χ2n) is 7.51.